The Kier molecular flexibility index (Phi) is 6.14. The second-order valence-electron chi connectivity index (χ2n) is 8.69. The van der Waals surface area contributed by atoms with Crippen molar-refractivity contribution in [3.05, 3.63) is 89.5 Å². The van der Waals surface area contributed by atoms with Crippen LogP contribution in [0.2, 0.25) is 6.04 Å². The van der Waals surface area contributed by atoms with Gasteiger partial charge in [-0.3, -0.25) is 0 Å². The molecule has 4 heteroatoms. The van der Waals surface area contributed by atoms with Gasteiger partial charge in [0.25, 0.3) is 0 Å². The number of rotatable bonds is 3. The molecule has 0 aromatic heterocycles. The average molecular weight is 433 g/mol. The van der Waals surface area contributed by atoms with E-state index in [4.69, 9.17) is 0 Å². The van der Waals surface area contributed by atoms with Crippen LogP contribution in [0.4, 0.5) is 0 Å². The van der Waals surface area contributed by atoms with Gasteiger partial charge in [-0.1, -0.05) is 67.3 Å². The SMILES string of the molecule is C=C1c2ccccc2C2=C(c3ccccc31)C(C[Si](=O)N(C)C(C)(C)C)C=C2.[Ti+2]. The fourth-order valence-corrected chi connectivity index (χ4v) is 5.89. The molecule has 0 amide bonds. The van der Waals surface area contributed by atoms with Crippen molar-refractivity contribution >= 4 is 25.6 Å². The summed E-state index contributed by atoms with van der Waals surface area (Å²) in [5.74, 6) is 0.159. The minimum atomic E-state index is -1.89. The molecule has 144 valence electrons. The molecule has 2 nitrogen and oxygen atoms in total. The molecule has 0 spiro atoms. The van der Waals surface area contributed by atoms with E-state index in [0.29, 0.717) is 6.04 Å². The summed E-state index contributed by atoms with van der Waals surface area (Å²) in [5, 5.41) is 0. The van der Waals surface area contributed by atoms with Crippen LogP contribution >= 0.6 is 0 Å². The van der Waals surface area contributed by atoms with E-state index in [1.807, 2.05) is 11.6 Å². The Morgan fingerprint density at radius 2 is 1.48 bits per heavy atom. The quantitative estimate of drug-likeness (QED) is 0.570. The van der Waals surface area contributed by atoms with Crippen LogP contribution in [0, 0.1) is 5.92 Å². The zero-order valence-electron chi connectivity index (χ0n) is 17.6. The van der Waals surface area contributed by atoms with Crippen LogP contribution in [0.3, 0.4) is 0 Å². The van der Waals surface area contributed by atoms with Gasteiger partial charge in [-0.2, -0.15) is 0 Å². The molecule has 0 heterocycles. The maximum atomic E-state index is 13.2. The van der Waals surface area contributed by atoms with Gasteiger partial charge in [-0.25, -0.2) is 0 Å². The van der Waals surface area contributed by atoms with E-state index in [1.54, 1.807) is 0 Å². The van der Waals surface area contributed by atoms with Crippen LogP contribution in [-0.2, 0) is 26.2 Å². The fraction of sp³-hybridized carbons (Fsp3) is 0.280. The molecule has 1 unspecified atom stereocenters. The first-order chi connectivity index (χ1) is 13.3. The number of fused-ring (bicyclic) bond motifs is 4. The first-order valence-corrected chi connectivity index (χ1v) is 11.4. The third-order valence-corrected chi connectivity index (χ3v) is 8.22. The van der Waals surface area contributed by atoms with Crippen LogP contribution in [0.1, 0.15) is 43.0 Å². The van der Waals surface area contributed by atoms with Crippen molar-refractivity contribution in [3.8, 4) is 0 Å². The summed E-state index contributed by atoms with van der Waals surface area (Å²) in [6.45, 7) is 10.8. The van der Waals surface area contributed by atoms with E-state index in [-0.39, 0.29) is 33.2 Å². The van der Waals surface area contributed by atoms with Gasteiger partial charge in [-0.15, -0.1) is 0 Å². The van der Waals surface area contributed by atoms with Crippen LogP contribution < -0.4 is 0 Å². The molecule has 2 aliphatic rings. The van der Waals surface area contributed by atoms with Gasteiger partial charge in [0.1, 0.15) is 0 Å². The first kappa shape index (κ1) is 21.9. The Hall–Kier alpha value is -1.81. The normalized spacial score (nSPS) is 17.1. The molecule has 0 saturated heterocycles. The summed E-state index contributed by atoms with van der Waals surface area (Å²) in [6, 6.07) is 17.7. The number of hydrogen-bond acceptors (Lipinski definition) is 1. The molecular formula is C25H27NOSiTi+2. The van der Waals surface area contributed by atoms with Gasteiger partial charge in [0.2, 0.25) is 0 Å². The number of benzene rings is 2. The van der Waals surface area contributed by atoms with Crippen molar-refractivity contribution in [2.75, 3.05) is 7.05 Å². The molecule has 0 radical (unpaired) electrons. The molecule has 2 aromatic rings. The molecule has 0 aliphatic heterocycles. The van der Waals surface area contributed by atoms with Crippen LogP contribution in [0.15, 0.2) is 67.3 Å². The van der Waals surface area contributed by atoms with Gasteiger partial charge in [0, 0.05) is 24.5 Å². The molecule has 29 heavy (non-hydrogen) atoms. The second kappa shape index (κ2) is 8.14. The summed E-state index contributed by atoms with van der Waals surface area (Å²) in [5.41, 5.74) is 8.32. The largest absolute Gasteiger partial charge is 2.00 e. The molecule has 0 bridgehead atoms. The Balaban J connectivity index is 0.00000240. The average Bonchev–Trinajstić information content (AvgIpc) is 3.04. The fourth-order valence-electron chi connectivity index (χ4n) is 4.15. The minimum absolute atomic E-state index is 0. The molecular weight excluding hydrogens is 406 g/mol. The van der Waals surface area contributed by atoms with E-state index in [0.717, 1.165) is 5.57 Å². The standard InChI is InChI=1S/C25H27NOSi.Ti/c1-17-19-10-6-8-12-21(19)23-15-14-18(16-28(27)26(5)25(2,3)4)24(23)22-13-9-7-11-20(17)22;/h6-15,18H,1,16H2,2-5H3;/q;+2. The zero-order chi connectivity index (χ0) is 20.1. The maximum absolute atomic E-state index is 13.2. The van der Waals surface area contributed by atoms with Gasteiger partial charge >= 0.3 is 30.6 Å². The summed E-state index contributed by atoms with van der Waals surface area (Å²) in [7, 11) is 0.0943. The summed E-state index contributed by atoms with van der Waals surface area (Å²) < 4.78 is 15.2. The zero-order valence-corrected chi connectivity index (χ0v) is 20.2. The Labute approximate surface area is 190 Å². The summed E-state index contributed by atoms with van der Waals surface area (Å²) in [6.07, 6.45) is 4.46. The van der Waals surface area contributed by atoms with Gasteiger partial charge < -0.3 is 9.03 Å². The predicted molar refractivity (Wildman–Crippen MR) is 119 cm³/mol. The van der Waals surface area contributed by atoms with E-state index in [9.17, 15) is 4.46 Å². The molecule has 2 aliphatic carbocycles. The van der Waals surface area contributed by atoms with Crippen LogP contribution in [0.25, 0.3) is 16.7 Å². The monoisotopic (exact) mass is 433 g/mol. The number of nitrogens with zero attached hydrogens (tertiary/aromatic N) is 1. The summed E-state index contributed by atoms with van der Waals surface area (Å²) in [4.78, 5) is 0. The molecule has 4 rings (SSSR count). The van der Waals surface area contributed by atoms with E-state index in [2.05, 4.69) is 88.0 Å². The van der Waals surface area contributed by atoms with Crippen LogP contribution in [-0.4, -0.2) is 26.0 Å². The Morgan fingerprint density at radius 1 is 0.966 bits per heavy atom. The van der Waals surface area contributed by atoms with Crippen molar-refractivity contribution in [2.45, 2.75) is 32.4 Å². The third kappa shape index (κ3) is 3.84. The number of allylic oxidation sites excluding steroid dienone is 4. The van der Waals surface area contributed by atoms with Crippen molar-refractivity contribution in [3.63, 3.8) is 0 Å². The van der Waals surface area contributed by atoms with E-state index >= 15 is 0 Å². The Bertz CT molecular complexity index is 1040. The predicted octanol–water partition coefficient (Wildman–Crippen LogP) is 5.80. The van der Waals surface area contributed by atoms with E-state index in [1.165, 1.54) is 33.4 Å². The van der Waals surface area contributed by atoms with Crippen molar-refractivity contribution in [2.24, 2.45) is 5.92 Å². The first-order valence-electron chi connectivity index (χ1n) is 9.86. The maximum Gasteiger partial charge on any atom is 2.00 e. The van der Waals surface area contributed by atoms with Crippen LogP contribution in [0.5, 0.6) is 0 Å². The minimum Gasteiger partial charge on any atom is -0.375 e. The second-order valence-corrected chi connectivity index (χ2v) is 10.6. The molecule has 1 atom stereocenters. The summed E-state index contributed by atoms with van der Waals surface area (Å²) >= 11 is 0. The third-order valence-electron chi connectivity index (χ3n) is 6.02. The number of hydrogen-bond donors (Lipinski definition) is 0. The molecule has 2 aromatic carbocycles. The Morgan fingerprint density at radius 3 is 2.07 bits per heavy atom. The van der Waals surface area contributed by atoms with Gasteiger partial charge in [0.05, 0.1) is 0 Å². The molecule has 0 N–H and O–H groups in total. The molecule has 0 fully saturated rings. The smallest absolute Gasteiger partial charge is 0.375 e. The van der Waals surface area contributed by atoms with Crippen molar-refractivity contribution in [1.82, 2.24) is 4.57 Å². The van der Waals surface area contributed by atoms with Gasteiger partial charge in [0.15, 0.2) is 0 Å². The van der Waals surface area contributed by atoms with Crippen molar-refractivity contribution in [1.29, 1.82) is 0 Å². The van der Waals surface area contributed by atoms with Gasteiger partial charge in [-0.05, 0) is 59.7 Å². The van der Waals surface area contributed by atoms with E-state index < -0.39 is 8.84 Å². The topological polar surface area (TPSA) is 20.3 Å². The van der Waals surface area contributed by atoms with Crippen molar-refractivity contribution < 1.29 is 26.2 Å². The molecule has 0 saturated carbocycles.